The van der Waals surface area contributed by atoms with Gasteiger partial charge in [-0.25, -0.2) is 0 Å². The van der Waals surface area contributed by atoms with Crippen LogP contribution >= 0.6 is 15.9 Å². The zero-order valence-electron chi connectivity index (χ0n) is 10.5. The third-order valence-electron chi connectivity index (χ3n) is 2.44. The molecule has 3 nitrogen and oxygen atoms in total. The van der Waals surface area contributed by atoms with E-state index in [1.807, 2.05) is 6.07 Å². The molecule has 0 atom stereocenters. The van der Waals surface area contributed by atoms with Gasteiger partial charge in [0.05, 0.1) is 19.8 Å². The molecule has 96 valence electrons. The summed E-state index contributed by atoms with van der Waals surface area (Å²) in [5.41, 5.74) is 2.50. The second-order valence-electron chi connectivity index (χ2n) is 3.69. The Morgan fingerprint density at radius 3 is 2.76 bits per heavy atom. The molecule has 1 rings (SSSR count). The second kappa shape index (κ2) is 8.50. The van der Waals surface area contributed by atoms with E-state index in [-0.39, 0.29) is 0 Å². The highest BCUT2D eigenvalue weighted by Gasteiger charge is 2.00. The minimum absolute atomic E-state index is 0.651. The minimum atomic E-state index is 0.651. The van der Waals surface area contributed by atoms with Crippen LogP contribution in [0.2, 0.25) is 0 Å². The fourth-order valence-corrected chi connectivity index (χ4v) is 1.94. The number of ether oxygens (including phenoxy) is 2. The summed E-state index contributed by atoms with van der Waals surface area (Å²) < 4.78 is 11.4. The van der Waals surface area contributed by atoms with Gasteiger partial charge in [0, 0.05) is 23.8 Å². The van der Waals surface area contributed by atoms with Gasteiger partial charge in [-0.1, -0.05) is 22.9 Å². The molecule has 0 saturated heterocycles. The lowest BCUT2D eigenvalue weighted by molar-refractivity contribution is 0.0759. The highest BCUT2D eigenvalue weighted by Crippen LogP contribution is 2.21. The van der Waals surface area contributed by atoms with E-state index in [1.54, 1.807) is 7.11 Å². The molecule has 17 heavy (non-hydrogen) atoms. The van der Waals surface area contributed by atoms with Crippen LogP contribution in [0, 0.1) is 0 Å². The second-order valence-corrected chi connectivity index (χ2v) is 4.60. The number of hydrogen-bond acceptors (Lipinski definition) is 3. The Balaban J connectivity index is 2.31. The lowest BCUT2D eigenvalue weighted by atomic mass is 10.1. The van der Waals surface area contributed by atoms with Crippen molar-refractivity contribution in [2.24, 2.45) is 0 Å². The number of aryl methyl sites for hydroxylation is 1. The van der Waals surface area contributed by atoms with Crippen LogP contribution in [0.4, 0.5) is 5.69 Å². The number of rotatable bonds is 8. The van der Waals surface area contributed by atoms with Gasteiger partial charge in [0.1, 0.15) is 0 Å². The molecule has 0 aromatic heterocycles. The number of anilines is 1. The molecule has 0 spiro atoms. The van der Waals surface area contributed by atoms with Gasteiger partial charge >= 0.3 is 0 Å². The molecule has 0 bridgehead atoms. The Hall–Kier alpha value is -0.580. The zero-order valence-corrected chi connectivity index (χ0v) is 12.0. The number of benzene rings is 1. The van der Waals surface area contributed by atoms with Crippen LogP contribution < -0.4 is 5.32 Å². The van der Waals surface area contributed by atoms with Crippen LogP contribution in [0.5, 0.6) is 0 Å². The van der Waals surface area contributed by atoms with Gasteiger partial charge in [0.2, 0.25) is 0 Å². The van der Waals surface area contributed by atoms with E-state index in [1.165, 1.54) is 11.3 Å². The van der Waals surface area contributed by atoms with Gasteiger partial charge in [0.25, 0.3) is 0 Å². The van der Waals surface area contributed by atoms with Crippen molar-refractivity contribution in [3.63, 3.8) is 0 Å². The summed E-state index contributed by atoms with van der Waals surface area (Å²) in [4.78, 5) is 0. The van der Waals surface area contributed by atoms with E-state index >= 15 is 0 Å². The summed E-state index contributed by atoms with van der Waals surface area (Å²) in [6, 6.07) is 6.29. The van der Waals surface area contributed by atoms with Crippen molar-refractivity contribution >= 4 is 21.6 Å². The van der Waals surface area contributed by atoms with Gasteiger partial charge in [-0.15, -0.1) is 0 Å². The molecule has 1 N–H and O–H groups in total. The Morgan fingerprint density at radius 2 is 2.06 bits per heavy atom. The summed E-state index contributed by atoms with van der Waals surface area (Å²) in [5, 5.41) is 3.38. The lowest BCUT2D eigenvalue weighted by Crippen LogP contribution is -2.12. The Bertz CT molecular complexity index is 331. The first kappa shape index (κ1) is 14.5. The van der Waals surface area contributed by atoms with Gasteiger partial charge in [-0.05, 0) is 30.2 Å². The lowest BCUT2D eigenvalue weighted by Gasteiger charge is -2.11. The van der Waals surface area contributed by atoms with Crippen molar-refractivity contribution in [1.29, 1.82) is 0 Å². The van der Waals surface area contributed by atoms with E-state index in [9.17, 15) is 0 Å². The average Bonchev–Trinajstić information content (AvgIpc) is 2.35. The highest BCUT2D eigenvalue weighted by atomic mass is 79.9. The Kier molecular flexibility index (Phi) is 7.24. The van der Waals surface area contributed by atoms with Crippen molar-refractivity contribution in [1.82, 2.24) is 0 Å². The van der Waals surface area contributed by atoms with Crippen LogP contribution in [0.25, 0.3) is 0 Å². The van der Waals surface area contributed by atoms with Crippen molar-refractivity contribution in [3.8, 4) is 0 Å². The van der Waals surface area contributed by atoms with E-state index in [0.29, 0.717) is 19.8 Å². The molecular formula is C13H20BrNO2. The predicted octanol–water partition coefficient (Wildman–Crippen LogP) is 3.09. The average molecular weight is 302 g/mol. The van der Waals surface area contributed by atoms with Crippen LogP contribution in [0.3, 0.4) is 0 Å². The van der Waals surface area contributed by atoms with Gasteiger partial charge < -0.3 is 14.8 Å². The maximum Gasteiger partial charge on any atom is 0.0701 e. The summed E-state index contributed by atoms with van der Waals surface area (Å²) in [7, 11) is 1.68. The molecule has 0 radical (unpaired) electrons. The predicted molar refractivity (Wildman–Crippen MR) is 74.7 cm³/mol. The van der Waals surface area contributed by atoms with E-state index in [4.69, 9.17) is 9.47 Å². The molecule has 0 aliphatic carbocycles. The largest absolute Gasteiger partial charge is 0.383 e. The van der Waals surface area contributed by atoms with Gasteiger partial charge in [-0.2, -0.15) is 0 Å². The highest BCUT2D eigenvalue weighted by molar-refractivity contribution is 9.10. The van der Waals surface area contributed by atoms with Crippen molar-refractivity contribution in [3.05, 3.63) is 28.2 Å². The topological polar surface area (TPSA) is 30.5 Å². The summed E-state index contributed by atoms with van der Waals surface area (Å²) in [5.74, 6) is 0. The smallest absolute Gasteiger partial charge is 0.0701 e. The molecule has 1 aromatic carbocycles. The third-order valence-corrected chi connectivity index (χ3v) is 2.94. The van der Waals surface area contributed by atoms with Crippen LogP contribution in [-0.2, 0) is 15.9 Å². The fourth-order valence-electron chi connectivity index (χ4n) is 1.53. The minimum Gasteiger partial charge on any atom is -0.383 e. The molecule has 0 saturated carbocycles. The van der Waals surface area contributed by atoms with Crippen molar-refractivity contribution in [2.75, 3.05) is 38.8 Å². The summed E-state index contributed by atoms with van der Waals surface area (Å²) in [6.07, 6.45) is 1.02. The molecule has 1 aromatic rings. The quantitative estimate of drug-likeness (QED) is 0.749. The standard InChI is InChI=1S/C13H20BrNO2/c1-3-11-10-12(14)4-5-13(11)15-6-7-17-9-8-16-2/h4-5,10,15H,3,6-9H2,1-2H3. The third kappa shape index (κ3) is 5.52. The van der Waals surface area contributed by atoms with E-state index in [2.05, 4.69) is 40.3 Å². The molecule has 0 fully saturated rings. The normalized spacial score (nSPS) is 10.5. The van der Waals surface area contributed by atoms with Crippen molar-refractivity contribution in [2.45, 2.75) is 13.3 Å². The van der Waals surface area contributed by atoms with Crippen LogP contribution in [-0.4, -0.2) is 33.5 Å². The molecule has 4 heteroatoms. The maximum absolute atomic E-state index is 5.40. The fraction of sp³-hybridized carbons (Fsp3) is 0.538. The van der Waals surface area contributed by atoms with Gasteiger partial charge in [0.15, 0.2) is 0 Å². The van der Waals surface area contributed by atoms with Crippen molar-refractivity contribution < 1.29 is 9.47 Å². The number of methoxy groups -OCH3 is 1. The molecule has 0 heterocycles. The van der Waals surface area contributed by atoms with Crippen LogP contribution in [0.1, 0.15) is 12.5 Å². The number of nitrogens with one attached hydrogen (secondary N) is 1. The maximum atomic E-state index is 5.40. The number of hydrogen-bond donors (Lipinski definition) is 1. The summed E-state index contributed by atoms with van der Waals surface area (Å²) in [6.45, 7) is 4.97. The van der Waals surface area contributed by atoms with Crippen LogP contribution in [0.15, 0.2) is 22.7 Å². The monoisotopic (exact) mass is 301 g/mol. The first-order valence-electron chi connectivity index (χ1n) is 5.87. The zero-order chi connectivity index (χ0) is 12.5. The number of halogens is 1. The molecular weight excluding hydrogens is 282 g/mol. The SMILES string of the molecule is CCc1cc(Br)ccc1NCCOCCOC. The Labute approximate surface area is 112 Å². The van der Waals surface area contributed by atoms with Gasteiger partial charge in [-0.3, -0.25) is 0 Å². The Morgan fingerprint density at radius 1 is 1.24 bits per heavy atom. The first-order chi connectivity index (χ1) is 8.27. The van der Waals surface area contributed by atoms with E-state index < -0.39 is 0 Å². The molecule has 0 amide bonds. The molecule has 0 unspecified atom stereocenters. The molecule has 0 aliphatic heterocycles. The first-order valence-corrected chi connectivity index (χ1v) is 6.66. The molecule has 0 aliphatic rings. The van der Waals surface area contributed by atoms with E-state index in [0.717, 1.165) is 17.4 Å². The summed E-state index contributed by atoms with van der Waals surface area (Å²) >= 11 is 3.48.